The molecular formula is C15H14O5. The number of hydrogen-bond donors (Lipinski definition) is 0. The van der Waals surface area contributed by atoms with Gasteiger partial charge in [-0.05, 0) is 12.1 Å². The van der Waals surface area contributed by atoms with Crippen molar-refractivity contribution in [3.05, 3.63) is 68.3 Å². The summed E-state index contributed by atoms with van der Waals surface area (Å²) in [7, 11) is 0. The van der Waals surface area contributed by atoms with E-state index in [4.69, 9.17) is 4.74 Å². The molecule has 0 bridgehead atoms. The SMILES string of the molecule is C=CC(=O)OC(=O)C=C.C=CC(=O)Oc1ccccc1. The minimum atomic E-state index is -0.764. The van der Waals surface area contributed by atoms with Gasteiger partial charge in [-0.1, -0.05) is 37.9 Å². The van der Waals surface area contributed by atoms with Gasteiger partial charge in [-0.2, -0.15) is 0 Å². The number of esters is 3. The molecule has 0 heterocycles. The van der Waals surface area contributed by atoms with Crippen LogP contribution >= 0.6 is 0 Å². The van der Waals surface area contributed by atoms with E-state index in [0.717, 1.165) is 18.2 Å². The topological polar surface area (TPSA) is 69.7 Å². The van der Waals surface area contributed by atoms with Gasteiger partial charge in [0.15, 0.2) is 0 Å². The maximum atomic E-state index is 10.6. The maximum Gasteiger partial charge on any atom is 0.338 e. The molecule has 0 atom stereocenters. The molecule has 20 heavy (non-hydrogen) atoms. The van der Waals surface area contributed by atoms with Crippen LogP contribution in [0, 0.1) is 0 Å². The lowest BCUT2D eigenvalue weighted by Crippen LogP contribution is -2.05. The molecule has 5 heteroatoms. The van der Waals surface area contributed by atoms with E-state index >= 15 is 0 Å². The molecule has 104 valence electrons. The van der Waals surface area contributed by atoms with Gasteiger partial charge < -0.3 is 9.47 Å². The van der Waals surface area contributed by atoms with E-state index in [1.165, 1.54) is 0 Å². The largest absolute Gasteiger partial charge is 0.423 e. The Bertz CT molecular complexity index is 484. The van der Waals surface area contributed by atoms with Crippen LogP contribution in [-0.2, 0) is 19.1 Å². The summed E-state index contributed by atoms with van der Waals surface area (Å²) in [6.07, 6.45) is 2.94. The minimum Gasteiger partial charge on any atom is -0.423 e. The summed E-state index contributed by atoms with van der Waals surface area (Å²) in [6, 6.07) is 8.87. The Hall–Kier alpha value is -2.95. The third kappa shape index (κ3) is 8.19. The molecule has 0 saturated carbocycles. The van der Waals surface area contributed by atoms with Crippen LogP contribution in [0.1, 0.15) is 0 Å². The van der Waals surface area contributed by atoms with E-state index in [9.17, 15) is 14.4 Å². The molecule has 0 fully saturated rings. The number of carbonyl (C=O) groups is 3. The zero-order valence-electron chi connectivity index (χ0n) is 10.8. The monoisotopic (exact) mass is 274 g/mol. The van der Waals surface area contributed by atoms with Crippen LogP contribution in [0.3, 0.4) is 0 Å². The zero-order chi connectivity index (χ0) is 15.4. The van der Waals surface area contributed by atoms with Crippen LogP contribution in [0.4, 0.5) is 0 Å². The van der Waals surface area contributed by atoms with Crippen molar-refractivity contribution in [2.24, 2.45) is 0 Å². The highest BCUT2D eigenvalue weighted by Gasteiger charge is 1.99. The summed E-state index contributed by atoms with van der Waals surface area (Å²) in [4.78, 5) is 31.0. The molecule has 0 N–H and O–H groups in total. The Morgan fingerprint density at radius 1 is 0.800 bits per heavy atom. The summed E-state index contributed by atoms with van der Waals surface area (Å²) in [5.41, 5.74) is 0. The molecule has 0 radical (unpaired) electrons. The first-order chi connectivity index (χ1) is 9.53. The van der Waals surface area contributed by atoms with Crippen molar-refractivity contribution in [2.75, 3.05) is 0 Å². The van der Waals surface area contributed by atoms with E-state index in [1.54, 1.807) is 24.3 Å². The molecule has 0 aliphatic heterocycles. The fourth-order valence-electron chi connectivity index (χ4n) is 0.829. The predicted octanol–water partition coefficient (Wildman–Crippen LogP) is 2.21. The van der Waals surface area contributed by atoms with Crippen LogP contribution < -0.4 is 4.74 Å². The van der Waals surface area contributed by atoms with Crippen molar-refractivity contribution in [1.29, 1.82) is 0 Å². The smallest absolute Gasteiger partial charge is 0.338 e. The molecule has 0 saturated heterocycles. The molecule has 0 aromatic heterocycles. The molecule has 1 aromatic carbocycles. The van der Waals surface area contributed by atoms with Crippen LogP contribution in [0.25, 0.3) is 0 Å². The Morgan fingerprint density at radius 2 is 1.25 bits per heavy atom. The van der Waals surface area contributed by atoms with Crippen LogP contribution in [0.5, 0.6) is 5.75 Å². The highest BCUT2D eigenvalue weighted by Crippen LogP contribution is 2.07. The van der Waals surface area contributed by atoms with Gasteiger partial charge in [-0.3, -0.25) is 0 Å². The Balaban J connectivity index is 0.000000370. The van der Waals surface area contributed by atoms with E-state index in [2.05, 4.69) is 24.5 Å². The van der Waals surface area contributed by atoms with Gasteiger partial charge in [0.05, 0.1) is 0 Å². The van der Waals surface area contributed by atoms with Crippen molar-refractivity contribution in [2.45, 2.75) is 0 Å². The van der Waals surface area contributed by atoms with Gasteiger partial charge in [-0.15, -0.1) is 0 Å². The molecule has 0 spiro atoms. The number of ether oxygens (including phenoxy) is 2. The number of carbonyl (C=O) groups excluding carboxylic acids is 3. The fourth-order valence-corrected chi connectivity index (χ4v) is 0.829. The first-order valence-electron chi connectivity index (χ1n) is 5.43. The fraction of sp³-hybridized carbons (Fsp3) is 0. The zero-order valence-corrected chi connectivity index (χ0v) is 10.8. The van der Waals surface area contributed by atoms with E-state index in [1.807, 2.05) is 6.07 Å². The minimum absolute atomic E-state index is 0.434. The lowest BCUT2D eigenvalue weighted by Gasteiger charge is -1.98. The standard InChI is InChI=1S/C9H8O2.C6H6O3/c1-2-9(10)11-8-6-4-3-5-7-8;1-3-5(7)9-6(8)4-2/h2-7H,1H2;3-4H,1-2H2. The highest BCUT2D eigenvalue weighted by molar-refractivity contribution is 5.95. The maximum absolute atomic E-state index is 10.6. The first kappa shape index (κ1) is 17.1. The third-order valence-electron chi connectivity index (χ3n) is 1.66. The average molecular weight is 274 g/mol. The summed E-state index contributed by atoms with van der Waals surface area (Å²) in [5, 5.41) is 0. The van der Waals surface area contributed by atoms with Gasteiger partial charge in [0.25, 0.3) is 0 Å². The van der Waals surface area contributed by atoms with E-state index in [0.29, 0.717) is 5.75 Å². The van der Waals surface area contributed by atoms with Gasteiger partial charge in [-0.25, -0.2) is 14.4 Å². The number of rotatable bonds is 4. The second kappa shape index (κ2) is 10.0. The molecule has 1 aromatic rings. The van der Waals surface area contributed by atoms with Crippen molar-refractivity contribution < 1.29 is 23.9 Å². The quantitative estimate of drug-likeness (QED) is 0.364. The number of para-hydroxylation sites is 1. The van der Waals surface area contributed by atoms with Crippen LogP contribution in [0.15, 0.2) is 68.3 Å². The second-order valence-electron chi connectivity index (χ2n) is 3.09. The normalized spacial score (nSPS) is 8.20. The van der Waals surface area contributed by atoms with E-state index in [-0.39, 0.29) is 0 Å². The van der Waals surface area contributed by atoms with Gasteiger partial charge >= 0.3 is 17.9 Å². The molecule has 0 aliphatic carbocycles. The van der Waals surface area contributed by atoms with Crippen molar-refractivity contribution in [3.8, 4) is 5.75 Å². The number of benzene rings is 1. The van der Waals surface area contributed by atoms with Crippen LogP contribution in [0.2, 0.25) is 0 Å². The molecular weight excluding hydrogens is 260 g/mol. The number of hydrogen-bond acceptors (Lipinski definition) is 5. The van der Waals surface area contributed by atoms with E-state index < -0.39 is 17.9 Å². The molecule has 0 amide bonds. The molecule has 5 nitrogen and oxygen atoms in total. The summed E-state index contributed by atoms with van der Waals surface area (Å²) >= 11 is 0. The first-order valence-corrected chi connectivity index (χ1v) is 5.43. The van der Waals surface area contributed by atoms with Crippen molar-refractivity contribution in [3.63, 3.8) is 0 Å². The summed E-state index contributed by atoms with van der Waals surface area (Å²) < 4.78 is 8.84. The lowest BCUT2D eigenvalue weighted by molar-refractivity contribution is -0.152. The van der Waals surface area contributed by atoms with Crippen LogP contribution in [-0.4, -0.2) is 17.9 Å². The Labute approximate surface area is 116 Å². The highest BCUT2D eigenvalue weighted by atomic mass is 16.6. The summed E-state index contributed by atoms with van der Waals surface area (Å²) in [5.74, 6) is -1.42. The Morgan fingerprint density at radius 3 is 1.65 bits per heavy atom. The second-order valence-corrected chi connectivity index (χ2v) is 3.09. The van der Waals surface area contributed by atoms with Gasteiger partial charge in [0, 0.05) is 18.2 Å². The van der Waals surface area contributed by atoms with Crippen molar-refractivity contribution in [1.82, 2.24) is 0 Å². The van der Waals surface area contributed by atoms with Gasteiger partial charge in [0.1, 0.15) is 5.75 Å². The third-order valence-corrected chi connectivity index (χ3v) is 1.66. The average Bonchev–Trinajstić information content (AvgIpc) is 2.48. The van der Waals surface area contributed by atoms with Gasteiger partial charge in [0.2, 0.25) is 0 Å². The lowest BCUT2D eigenvalue weighted by atomic mass is 10.3. The summed E-state index contributed by atoms with van der Waals surface area (Å²) in [6.45, 7) is 9.46. The molecule has 0 aliphatic rings. The Kier molecular flexibility index (Phi) is 8.54. The molecule has 1 rings (SSSR count). The predicted molar refractivity (Wildman–Crippen MR) is 73.8 cm³/mol. The van der Waals surface area contributed by atoms with Crippen molar-refractivity contribution >= 4 is 17.9 Å². The molecule has 0 unspecified atom stereocenters.